The van der Waals surface area contributed by atoms with Gasteiger partial charge in [-0.25, -0.2) is 14.2 Å². The first-order valence-corrected chi connectivity index (χ1v) is 9.97. The highest BCUT2D eigenvalue weighted by Crippen LogP contribution is 2.27. The number of halogens is 1. The molecule has 2 N–H and O–H groups in total. The van der Waals surface area contributed by atoms with Crippen LogP contribution in [0, 0.1) is 12.7 Å². The summed E-state index contributed by atoms with van der Waals surface area (Å²) in [6, 6.07) is 7.04. The van der Waals surface area contributed by atoms with Crippen molar-refractivity contribution in [1.82, 2.24) is 9.97 Å². The fraction of sp³-hybridized carbons (Fsp3) is 0.350. The number of aromatic amines is 1. The second kappa shape index (κ2) is 7.44. The van der Waals surface area contributed by atoms with E-state index in [1.54, 1.807) is 19.1 Å². The Morgan fingerprint density at radius 1 is 1.32 bits per heavy atom. The number of hydrogen-bond acceptors (Lipinski definition) is 5. The topological polar surface area (TPSA) is 76.5 Å². The number of nitrogens with zero attached hydrogens (tertiary/aromatic N) is 1. The van der Waals surface area contributed by atoms with Crippen LogP contribution in [0.25, 0.3) is 10.2 Å². The van der Waals surface area contributed by atoms with E-state index in [1.165, 1.54) is 35.5 Å². The van der Waals surface area contributed by atoms with Gasteiger partial charge in [0.15, 0.2) is 5.82 Å². The zero-order valence-corrected chi connectivity index (χ0v) is 16.5. The molecule has 1 aliphatic carbocycles. The van der Waals surface area contributed by atoms with Gasteiger partial charge in [-0.05, 0) is 24.6 Å². The van der Waals surface area contributed by atoms with Gasteiger partial charge in [0.25, 0.3) is 5.56 Å². The molecule has 2 aromatic heterocycles. The fourth-order valence-corrected chi connectivity index (χ4v) is 4.60. The molecule has 1 unspecified atom stereocenters. The third-order valence-electron chi connectivity index (χ3n) is 5.11. The Hall–Kier alpha value is -2.58. The minimum Gasteiger partial charge on any atom is -0.465 e. The number of rotatable bonds is 6. The van der Waals surface area contributed by atoms with Crippen LogP contribution < -0.4 is 10.5 Å². The summed E-state index contributed by atoms with van der Waals surface area (Å²) in [4.78, 5) is 34.3. The van der Waals surface area contributed by atoms with Gasteiger partial charge in [0.2, 0.25) is 0 Å². The van der Waals surface area contributed by atoms with Crippen molar-refractivity contribution in [3.05, 3.63) is 62.3 Å². The maximum absolute atomic E-state index is 13.2. The van der Waals surface area contributed by atoms with Gasteiger partial charge in [0.1, 0.15) is 28.6 Å². The second-order valence-corrected chi connectivity index (χ2v) is 8.15. The number of thiophene rings is 1. The molecule has 1 fully saturated rings. The Balaban J connectivity index is 1.63. The lowest BCUT2D eigenvalue weighted by atomic mass is 10.2. The Bertz CT molecular complexity index is 1090. The minimum absolute atomic E-state index is 0.235. The van der Waals surface area contributed by atoms with Gasteiger partial charge in [0.05, 0.1) is 18.5 Å². The summed E-state index contributed by atoms with van der Waals surface area (Å²) in [5.74, 6) is -0.107. The average molecular weight is 402 g/mol. The number of ether oxygens (including phenoxy) is 1. The number of aryl methyl sites for hydroxylation is 1. The van der Waals surface area contributed by atoms with E-state index in [9.17, 15) is 14.0 Å². The van der Waals surface area contributed by atoms with E-state index in [-0.39, 0.29) is 11.4 Å². The molecule has 6 nitrogen and oxygen atoms in total. The van der Waals surface area contributed by atoms with E-state index in [4.69, 9.17) is 4.74 Å². The van der Waals surface area contributed by atoms with Crippen LogP contribution in [-0.2, 0) is 17.8 Å². The smallest absolute Gasteiger partial charge is 0.348 e. The number of quaternary nitrogens is 1. The van der Waals surface area contributed by atoms with Gasteiger partial charge in [-0.2, -0.15) is 0 Å². The van der Waals surface area contributed by atoms with Gasteiger partial charge in [-0.15, -0.1) is 11.3 Å². The molecular formula is C20H21FN3O3S+. The largest absolute Gasteiger partial charge is 0.465 e. The lowest BCUT2D eigenvalue weighted by molar-refractivity contribution is -0.939. The SMILES string of the molecule is COC(=O)c1sc2nc(C[NH+](Cc3ccc(F)cc3)C3CC3)[nH]c(=O)c2c1C. The van der Waals surface area contributed by atoms with E-state index in [2.05, 4.69) is 9.97 Å². The standard InChI is InChI=1S/C20H20FN3O3S/c1-11-16-18(25)22-15(23-19(16)28-17(11)20(26)27-2)10-24(14-7-8-14)9-12-3-5-13(21)6-4-12/h3-6,14H,7-10H2,1-2H3,(H,22,23,25)/p+1. The van der Waals surface area contributed by atoms with Crippen molar-refractivity contribution in [3.63, 3.8) is 0 Å². The number of methoxy groups -OCH3 is 1. The van der Waals surface area contributed by atoms with Crippen LogP contribution in [0.2, 0.25) is 0 Å². The Morgan fingerprint density at radius 2 is 2.04 bits per heavy atom. The summed E-state index contributed by atoms with van der Waals surface area (Å²) in [6.07, 6.45) is 2.27. The maximum Gasteiger partial charge on any atom is 0.348 e. The van der Waals surface area contributed by atoms with Crippen molar-refractivity contribution in [2.75, 3.05) is 7.11 Å². The monoisotopic (exact) mass is 402 g/mol. The molecule has 0 radical (unpaired) electrons. The highest BCUT2D eigenvalue weighted by molar-refractivity contribution is 7.20. The number of benzene rings is 1. The number of esters is 1. The van der Waals surface area contributed by atoms with E-state index in [0.717, 1.165) is 24.9 Å². The number of aromatic nitrogens is 2. The van der Waals surface area contributed by atoms with E-state index >= 15 is 0 Å². The maximum atomic E-state index is 13.2. The molecule has 1 atom stereocenters. The van der Waals surface area contributed by atoms with Crippen molar-refractivity contribution >= 4 is 27.5 Å². The van der Waals surface area contributed by atoms with Gasteiger partial charge in [-0.3, -0.25) is 4.79 Å². The van der Waals surface area contributed by atoms with E-state index in [1.807, 2.05) is 0 Å². The van der Waals surface area contributed by atoms with Gasteiger partial charge >= 0.3 is 5.97 Å². The molecule has 146 valence electrons. The Labute approximate surface area is 165 Å². The molecule has 0 spiro atoms. The molecular weight excluding hydrogens is 381 g/mol. The zero-order valence-electron chi connectivity index (χ0n) is 15.7. The number of carbonyl (C=O) groups excluding carboxylic acids is 1. The molecule has 4 rings (SSSR count). The summed E-state index contributed by atoms with van der Waals surface area (Å²) in [5.41, 5.74) is 1.41. The lowest BCUT2D eigenvalue weighted by Crippen LogP contribution is -3.10. The fourth-order valence-electron chi connectivity index (χ4n) is 3.48. The third-order valence-corrected chi connectivity index (χ3v) is 6.28. The first-order valence-electron chi connectivity index (χ1n) is 9.16. The lowest BCUT2D eigenvalue weighted by Gasteiger charge is -2.18. The van der Waals surface area contributed by atoms with Crippen molar-refractivity contribution in [2.45, 2.75) is 38.9 Å². The van der Waals surface area contributed by atoms with Crippen LogP contribution in [0.4, 0.5) is 4.39 Å². The number of hydrogen-bond donors (Lipinski definition) is 2. The van der Waals surface area contributed by atoms with E-state index in [0.29, 0.717) is 39.1 Å². The molecule has 1 saturated carbocycles. The summed E-state index contributed by atoms with van der Waals surface area (Å²) in [5, 5.41) is 0.445. The van der Waals surface area contributed by atoms with Crippen molar-refractivity contribution in [1.29, 1.82) is 0 Å². The zero-order chi connectivity index (χ0) is 19.8. The summed E-state index contributed by atoms with van der Waals surface area (Å²) >= 11 is 1.19. The van der Waals surface area contributed by atoms with E-state index < -0.39 is 5.97 Å². The number of fused-ring (bicyclic) bond motifs is 1. The normalized spacial score (nSPS) is 15.0. The molecule has 1 aromatic carbocycles. The molecule has 1 aliphatic rings. The van der Waals surface area contributed by atoms with Gasteiger partial charge in [-0.1, -0.05) is 12.1 Å². The molecule has 2 heterocycles. The number of nitrogens with one attached hydrogen (secondary N) is 2. The summed E-state index contributed by atoms with van der Waals surface area (Å²) in [6.45, 7) is 3.04. The van der Waals surface area contributed by atoms with Crippen molar-refractivity contribution in [3.8, 4) is 0 Å². The average Bonchev–Trinajstić information content (AvgIpc) is 3.46. The van der Waals surface area contributed by atoms with Crippen LogP contribution in [0.1, 0.15) is 39.5 Å². The molecule has 0 aliphatic heterocycles. The van der Waals surface area contributed by atoms with Crippen LogP contribution >= 0.6 is 11.3 Å². The second-order valence-electron chi connectivity index (χ2n) is 7.15. The van der Waals surface area contributed by atoms with Crippen LogP contribution in [0.3, 0.4) is 0 Å². The summed E-state index contributed by atoms with van der Waals surface area (Å²) < 4.78 is 18.0. The highest BCUT2D eigenvalue weighted by Gasteiger charge is 2.34. The molecule has 0 saturated heterocycles. The summed E-state index contributed by atoms with van der Waals surface area (Å²) in [7, 11) is 1.32. The minimum atomic E-state index is -0.456. The molecule has 0 amide bonds. The van der Waals surface area contributed by atoms with Gasteiger partial charge < -0.3 is 14.6 Å². The van der Waals surface area contributed by atoms with Crippen LogP contribution in [0.15, 0.2) is 29.1 Å². The molecule has 0 bridgehead atoms. The van der Waals surface area contributed by atoms with Gasteiger partial charge in [0, 0.05) is 18.4 Å². The third kappa shape index (κ3) is 3.70. The Kier molecular flexibility index (Phi) is 4.99. The van der Waals surface area contributed by atoms with Crippen LogP contribution in [-0.4, -0.2) is 29.1 Å². The first-order chi connectivity index (χ1) is 13.5. The molecule has 3 aromatic rings. The number of H-pyrrole nitrogens is 1. The number of carbonyl (C=O) groups is 1. The predicted molar refractivity (Wildman–Crippen MR) is 104 cm³/mol. The van der Waals surface area contributed by atoms with Crippen molar-refractivity contribution in [2.24, 2.45) is 0 Å². The highest BCUT2D eigenvalue weighted by atomic mass is 32.1. The molecule has 8 heteroatoms. The quantitative estimate of drug-likeness (QED) is 0.618. The molecule has 28 heavy (non-hydrogen) atoms. The van der Waals surface area contributed by atoms with Crippen molar-refractivity contribution < 1.29 is 18.8 Å². The van der Waals surface area contributed by atoms with Crippen LogP contribution in [0.5, 0.6) is 0 Å². The Morgan fingerprint density at radius 3 is 2.68 bits per heavy atom. The first kappa shape index (κ1) is 18.8. The predicted octanol–water partition coefficient (Wildman–Crippen LogP) is 1.97.